The maximum absolute atomic E-state index is 13.2. The molecule has 3 heterocycles. The summed E-state index contributed by atoms with van der Waals surface area (Å²) in [7, 11) is 0. The highest BCUT2D eigenvalue weighted by Crippen LogP contribution is 2.22. The van der Waals surface area contributed by atoms with E-state index < -0.39 is 23.5 Å². The Hall–Kier alpha value is -3.80. The lowest BCUT2D eigenvalue weighted by molar-refractivity contribution is 0.0886. The van der Waals surface area contributed by atoms with Gasteiger partial charge in [0.2, 0.25) is 0 Å². The van der Waals surface area contributed by atoms with Crippen LogP contribution >= 0.6 is 11.6 Å². The van der Waals surface area contributed by atoms with E-state index >= 15 is 0 Å². The fourth-order valence-corrected chi connectivity index (χ4v) is 5.12. The molecule has 12 heteroatoms. The Morgan fingerprint density at radius 1 is 0.949 bits per heavy atom. The number of H-pyrrole nitrogens is 1. The van der Waals surface area contributed by atoms with Crippen LogP contribution in [-0.2, 0) is 4.74 Å². The number of imidazole rings is 1. The molecule has 2 aliphatic rings. The molecule has 10 nitrogen and oxygen atoms in total. The standard InChI is InChI=1S/C27H28ClFN6O4/c28-20-12-16(29)4-9-19(20)25(36)32-17-5-7-18(8-6-17)33-26(37)23-24(31-15-30-23)27(38)34-21-13-39-14-22(21)35-10-2-1-3-11-35/h4-9,12,15,21-22H,1-3,10-11,13-14H2,(H,30,31)(H,32,36)(H,33,37)(H,34,38)/t21-,22-/m0/s1. The molecule has 3 aromatic rings. The van der Waals surface area contributed by atoms with E-state index in [1.807, 2.05) is 0 Å². The lowest BCUT2D eigenvalue weighted by Gasteiger charge is -2.34. The number of piperidine rings is 1. The number of ether oxygens (including phenoxy) is 1. The third-order valence-electron chi connectivity index (χ3n) is 6.88. The number of halogens is 2. The van der Waals surface area contributed by atoms with Crippen molar-refractivity contribution >= 4 is 40.7 Å². The first-order valence-electron chi connectivity index (χ1n) is 12.7. The zero-order chi connectivity index (χ0) is 27.4. The smallest absolute Gasteiger partial charge is 0.276 e. The number of benzene rings is 2. The Bertz CT molecular complexity index is 1360. The predicted molar refractivity (Wildman–Crippen MR) is 144 cm³/mol. The summed E-state index contributed by atoms with van der Waals surface area (Å²) in [5, 5.41) is 8.39. The first kappa shape index (κ1) is 26.8. The molecule has 0 bridgehead atoms. The number of amides is 3. The van der Waals surface area contributed by atoms with Crippen LogP contribution in [0.4, 0.5) is 15.8 Å². The quantitative estimate of drug-likeness (QED) is 0.353. The minimum Gasteiger partial charge on any atom is -0.378 e. The van der Waals surface area contributed by atoms with E-state index in [4.69, 9.17) is 16.3 Å². The molecule has 2 aromatic carbocycles. The molecule has 2 atom stereocenters. The van der Waals surface area contributed by atoms with Crippen LogP contribution in [0.1, 0.15) is 50.6 Å². The van der Waals surface area contributed by atoms with Crippen LogP contribution in [-0.4, -0.2) is 71.0 Å². The third kappa shape index (κ3) is 6.27. The monoisotopic (exact) mass is 554 g/mol. The summed E-state index contributed by atoms with van der Waals surface area (Å²) in [6.07, 6.45) is 4.79. The summed E-state index contributed by atoms with van der Waals surface area (Å²) in [6.45, 7) is 2.95. The van der Waals surface area contributed by atoms with Crippen molar-refractivity contribution in [3.63, 3.8) is 0 Å². The van der Waals surface area contributed by atoms with Crippen LogP contribution in [0.15, 0.2) is 48.8 Å². The SMILES string of the molecule is O=C(Nc1ccc(NC(=O)c2nc[nH]c2C(=O)N[C@H]2COC[C@@H]2N2CCCCC2)cc1)c1ccc(F)cc1Cl. The maximum Gasteiger partial charge on any atom is 0.276 e. The number of hydrogen-bond acceptors (Lipinski definition) is 6. The van der Waals surface area contributed by atoms with Gasteiger partial charge in [-0.3, -0.25) is 19.3 Å². The van der Waals surface area contributed by atoms with Crippen molar-refractivity contribution in [3.8, 4) is 0 Å². The lowest BCUT2D eigenvalue weighted by atomic mass is 10.0. The molecule has 0 unspecified atom stereocenters. The molecule has 3 amide bonds. The Kier molecular flexibility index (Phi) is 8.20. The van der Waals surface area contributed by atoms with Gasteiger partial charge in [-0.1, -0.05) is 18.0 Å². The maximum atomic E-state index is 13.2. The van der Waals surface area contributed by atoms with Gasteiger partial charge in [0, 0.05) is 11.4 Å². The van der Waals surface area contributed by atoms with Crippen molar-refractivity contribution in [1.82, 2.24) is 20.2 Å². The van der Waals surface area contributed by atoms with Gasteiger partial charge in [-0.15, -0.1) is 0 Å². The number of aromatic nitrogens is 2. The fraction of sp³-hybridized carbons (Fsp3) is 0.333. The van der Waals surface area contributed by atoms with Gasteiger partial charge in [0.05, 0.1) is 42.2 Å². The van der Waals surface area contributed by atoms with Crippen molar-refractivity contribution in [2.45, 2.75) is 31.3 Å². The number of hydrogen-bond donors (Lipinski definition) is 4. The van der Waals surface area contributed by atoms with Crippen molar-refractivity contribution < 1.29 is 23.5 Å². The Morgan fingerprint density at radius 3 is 2.33 bits per heavy atom. The summed E-state index contributed by atoms with van der Waals surface area (Å²) in [5.41, 5.74) is 1.04. The topological polar surface area (TPSA) is 128 Å². The molecule has 39 heavy (non-hydrogen) atoms. The van der Waals surface area contributed by atoms with E-state index in [9.17, 15) is 18.8 Å². The van der Waals surface area contributed by atoms with Crippen LogP contribution in [0.2, 0.25) is 5.02 Å². The number of carbonyl (C=O) groups excluding carboxylic acids is 3. The molecule has 4 N–H and O–H groups in total. The van der Waals surface area contributed by atoms with Gasteiger partial charge in [0.1, 0.15) is 11.5 Å². The average Bonchev–Trinajstić information content (AvgIpc) is 3.60. The number of anilines is 2. The summed E-state index contributed by atoms with van der Waals surface area (Å²) >= 11 is 5.95. The molecule has 0 saturated carbocycles. The first-order chi connectivity index (χ1) is 18.9. The second-order valence-electron chi connectivity index (χ2n) is 9.52. The van der Waals surface area contributed by atoms with Gasteiger partial charge in [-0.05, 0) is 68.4 Å². The molecule has 0 radical (unpaired) electrons. The Labute approximate surface area is 229 Å². The highest BCUT2D eigenvalue weighted by molar-refractivity contribution is 6.34. The molecule has 2 fully saturated rings. The second kappa shape index (κ2) is 11.9. The van der Waals surface area contributed by atoms with Gasteiger partial charge in [-0.25, -0.2) is 9.37 Å². The lowest BCUT2D eigenvalue weighted by Crippen LogP contribution is -2.52. The summed E-state index contributed by atoms with van der Waals surface area (Å²) < 4.78 is 18.9. The minimum absolute atomic E-state index is 0.00213. The van der Waals surface area contributed by atoms with Gasteiger partial charge in [0.15, 0.2) is 5.69 Å². The van der Waals surface area contributed by atoms with Crippen molar-refractivity contribution in [3.05, 3.63) is 76.6 Å². The van der Waals surface area contributed by atoms with Gasteiger partial charge in [-0.2, -0.15) is 0 Å². The molecule has 1 aromatic heterocycles. The molecule has 2 saturated heterocycles. The average molecular weight is 555 g/mol. The number of aromatic amines is 1. The highest BCUT2D eigenvalue weighted by atomic mass is 35.5. The van der Waals surface area contributed by atoms with E-state index in [1.54, 1.807) is 24.3 Å². The molecular formula is C27H28ClFN6O4. The highest BCUT2D eigenvalue weighted by Gasteiger charge is 2.35. The third-order valence-corrected chi connectivity index (χ3v) is 7.20. The van der Waals surface area contributed by atoms with Gasteiger partial charge in [0.25, 0.3) is 17.7 Å². The van der Waals surface area contributed by atoms with Crippen molar-refractivity contribution in [2.75, 3.05) is 36.9 Å². The van der Waals surface area contributed by atoms with Crippen LogP contribution in [0.25, 0.3) is 0 Å². The summed E-state index contributed by atoms with van der Waals surface area (Å²) in [4.78, 5) is 47.7. The normalized spacial score (nSPS) is 19.4. The number of likely N-dealkylation sites (tertiary alicyclic amines) is 1. The number of rotatable bonds is 7. The Morgan fingerprint density at radius 2 is 1.64 bits per heavy atom. The van der Waals surface area contributed by atoms with Crippen LogP contribution in [0.3, 0.4) is 0 Å². The summed E-state index contributed by atoms with van der Waals surface area (Å²) in [5.74, 6) is -2.03. The predicted octanol–water partition coefficient (Wildman–Crippen LogP) is 3.69. The van der Waals surface area contributed by atoms with Crippen molar-refractivity contribution in [2.24, 2.45) is 0 Å². The zero-order valence-corrected chi connectivity index (χ0v) is 21.8. The molecule has 5 rings (SSSR count). The van der Waals surface area contributed by atoms with Gasteiger partial charge < -0.3 is 25.7 Å². The van der Waals surface area contributed by atoms with E-state index in [2.05, 4.69) is 30.8 Å². The van der Waals surface area contributed by atoms with Crippen LogP contribution in [0, 0.1) is 5.82 Å². The summed E-state index contributed by atoms with van der Waals surface area (Å²) in [6, 6.07) is 9.79. The van der Waals surface area contributed by atoms with E-state index in [1.165, 1.54) is 18.8 Å². The fourth-order valence-electron chi connectivity index (χ4n) is 4.87. The minimum atomic E-state index is -0.563. The Balaban J connectivity index is 1.19. The zero-order valence-electron chi connectivity index (χ0n) is 21.0. The molecule has 0 aliphatic carbocycles. The first-order valence-corrected chi connectivity index (χ1v) is 13.1. The molecule has 204 valence electrons. The molecule has 2 aliphatic heterocycles. The van der Waals surface area contributed by atoms with Crippen LogP contribution in [0.5, 0.6) is 0 Å². The van der Waals surface area contributed by atoms with E-state index in [0.717, 1.165) is 38.1 Å². The molecule has 0 spiro atoms. The van der Waals surface area contributed by atoms with Crippen molar-refractivity contribution in [1.29, 1.82) is 0 Å². The number of nitrogens with zero attached hydrogens (tertiary/aromatic N) is 2. The van der Waals surface area contributed by atoms with E-state index in [-0.39, 0.29) is 34.1 Å². The number of carbonyl (C=O) groups is 3. The van der Waals surface area contributed by atoms with E-state index in [0.29, 0.717) is 24.6 Å². The number of nitrogens with one attached hydrogen (secondary N) is 4. The largest absolute Gasteiger partial charge is 0.378 e. The van der Waals surface area contributed by atoms with Gasteiger partial charge >= 0.3 is 0 Å². The molecular weight excluding hydrogens is 527 g/mol. The second-order valence-corrected chi connectivity index (χ2v) is 9.92. The van der Waals surface area contributed by atoms with Crippen LogP contribution < -0.4 is 16.0 Å².